The first-order chi connectivity index (χ1) is 14.0. The molecule has 2 heterocycles. The van der Waals surface area contributed by atoms with Gasteiger partial charge in [-0.2, -0.15) is 0 Å². The number of carbonyl (C=O) groups is 1. The summed E-state index contributed by atoms with van der Waals surface area (Å²) in [5, 5.41) is 0. The first kappa shape index (κ1) is 20.0. The lowest BCUT2D eigenvalue weighted by molar-refractivity contribution is 0.0768. The number of ether oxygens (including phenoxy) is 1. The zero-order valence-corrected chi connectivity index (χ0v) is 18.0. The zero-order chi connectivity index (χ0) is 20.5. The fraction of sp³-hybridized carbons (Fsp3) is 0.480. The summed E-state index contributed by atoms with van der Waals surface area (Å²) in [6, 6.07) is 17.0. The predicted molar refractivity (Wildman–Crippen MR) is 116 cm³/mol. The summed E-state index contributed by atoms with van der Waals surface area (Å²) < 4.78 is 5.31. The number of nitrogens with zero attached hydrogens (tertiary/aromatic N) is 2. The third-order valence-electron chi connectivity index (χ3n) is 6.48. The molecule has 0 aromatic heterocycles. The fourth-order valence-corrected chi connectivity index (χ4v) is 5.16. The number of likely N-dealkylation sites (tertiary alicyclic amines) is 2. The highest BCUT2D eigenvalue weighted by Gasteiger charge is 2.47. The zero-order valence-electron chi connectivity index (χ0n) is 18.0. The van der Waals surface area contributed by atoms with Gasteiger partial charge in [0.25, 0.3) is 5.91 Å². The normalized spacial score (nSPS) is 24.2. The van der Waals surface area contributed by atoms with E-state index in [1.165, 1.54) is 11.1 Å². The first-order valence-electron chi connectivity index (χ1n) is 10.7. The highest BCUT2D eigenvalue weighted by molar-refractivity contribution is 5.94. The summed E-state index contributed by atoms with van der Waals surface area (Å²) in [4.78, 5) is 17.6. The molecule has 2 saturated heterocycles. The van der Waals surface area contributed by atoms with Crippen molar-refractivity contribution >= 4 is 5.91 Å². The molecular formula is C25H32N2O2. The van der Waals surface area contributed by atoms with Crippen molar-refractivity contribution in [1.29, 1.82) is 0 Å². The van der Waals surface area contributed by atoms with Gasteiger partial charge >= 0.3 is 0 Å². The minimum Gasteiger partial charge on any atom is -0.497 e. The maximum Gasteiger partial charge on any atom is 0.253 e. The standard InChI is InChI=1S/C25H32N2O2/c1-17(2)13-18-5-7-20(8-6-18)25(28)27-15-21-14-26(3)24(23(21)16-27)19-9-11-22(29-4)12-10-19/h5-12,17,21,23-24H,13-16H2,1-4H3/t21-,23+,24+/m0/s1. The summed E-state index contributed by atoms with van der Waals surface area (Å²) in [6.45, 7) is 7.17. The Kier molecular flexibility index (Phi) is 5.64. The van der Waals surface area contributed by atoms with Gasteiger partial charge in [0.2, 0.25) is 0 Å². The molecule has 0 saturated carbocycles. The second kappa shape index (κ2) is 8.19. The molecule has 0 radical (unpaired) electrons. The molecule has 2 aromatic rings. The van der Waals surface area contributed by atoms with Gasteiger partial charge in [0.1, 0.15) is 5.75 Å². The molecule has 4 heteroatoms. The summed E-state index contributed by atoms with van der Waals surface area (Å²) in [6.07, 6.45) is 1.05. The van der Waals surface area contributed by atoms with Crippen molar-refractivity contribution in [2.75, 3.05) is 33.8 Å². The molecule has 4 rings (SSSR count). The molecule has 0 unspecified atom stereocenters. The average Bonchev–Trinajstić information content (AvgIpc) is 3.24. The summed E-state index contributed by atoms with van der Waals surface area (Å²) >= 11 is 0. The Morgan fingerprint density at radius 2 is 1.72 bits per heavy atom. The number of benzene rings is 2. The van der Waals surface area contributed by atoms with E-state index in [4.69, 9.17) is 4.74 Å². The lowest BCUT2D eigenvalue weighted by Crippen LogP contribution is -2.33. The molecule has 154 valence electrons. The number of fused-ring (bicyclic) bond motifs is 1. The molecule has 0 spiro atoms. The van der Waals surface area contributed by atoms with Crippen molar-refractivity contribution in [2.24, 2.45) is 17.8 Å². The van der Waals surface area contributed by atoms with Gasteiger partial charge in [-0.05, 0) is 60.7 Å². The Bertz CT molecular complexity index is 844. The monoisotopic (exact) mass is 392 g/mol. The van der Waals surface area contributed by atoms with Crippen LogP contribution in [0.15, 0.2) is 48.5 Å². The van der Waals surface area contributed by atoms with Crippen molar-refractivity contribution in [3.8, 4) is 5.75 Å². The number of hydrogen-bond donors (Lipinski definition) is 0. The Morgan fingerprint density at radius 1 is 1.03 bits per heavy atom. The van der Waals surface area contributed by atoms with Gasteiger partial charge < -0.3 is 9.64 Å². The van der Waals surface area contributed by atoms with Gasteiger partial charge in [-0.3, -0.25) is 9.69 Å². The van der Waals surface area contributed by atoms with Crippen LogP contribution in [0.3, 0.4) is 0 Å². The molecule has 29 heavy (non-hydrogen) atoms. The molecule has 2 aromatic carbocycles. The summed E-state index contributed by atoms with van der Waals surface area (Å²) in [7, 11) is 3.90. The van der Waals surface area contributed by atoms with Crippen molar-refractivity contribution in [2.45, 2.75) is 26.3 Å². The quantitative estimate of drug-likeness (QED) is 0.762. The van der Waals surface area contributed by atoms with Gasteiger partial charge in [-0.1, -0.05) is 38.1 Å². The second-order valence-electron chi connectivity index (χ2n) is 9.09. The molecule has 2 fully saturated rings. The summed E-state index contributed by atoms with van der Waals surface area (Å²) in [5.41, 5.74) is 3.43. The van der Waals surface area contributed by atoms with E-state index < -0.39 is 0 Å². The molecule has 4 nitrogen and oxygen atoms in total. The molecular weight excluding hydrogens is 360 g/mol. The van der Waals surface area contributed by atoms with E-state index in [-0.39, 0.29) is 5.91 Å². The SMILES string of the molecule is COc1ccc([C@@H]2[C@@H]3CN(C(=O)c4ccc(CC(C)C)cc4)C[C@@H]3CN2C)cc1. The number of rotatable bonds is 5. The minimum atomic E-state index is 0.173. The molecule has 0 aliphatic carbocycles. The molecule has 1 amide bonds. The van der Waals surface area contributed by atoms with E-state index in [9.17, 15) is 4.79 Å². The minimum absolute atomic E-state index is 0.173. The molecule has 0 bridgehead atoms. The Labute approximate surface area is 174 Å². The van der Waals surface area contributed by atoms with Gasteiger partial charge in [-0.25, -0.2) is 0 Å². The highest BCUT2D eigenvalue weighted by atomic mass is 16.5. The van der Waals surface area contributed by atoms with Crippen molar-refractivity contribution in [3.05, 3.63) is 65.2 Å². The molecule has 0 N–H and O–H groups in total. The lowest BCUT2D eigenvalue weighted by Gasteiger charge is -2.27. The average molecular weight is 393 g/mol. The smallest absolute Gasteiger partial charge is 0.253 e. The van der Waals surface area contributed by atoms with Crippen molar-refractivity contribution in [1.82, 2.24) is 9.80 Å². The Morgan fingerprint density at radius 3 is 2.34 bits per heavy atom. The number of hydrogen-bond acceptors (Lipinski definition) is 3. The van der Waals surface area contributed by atoms with Gasteiger partial charge in [0.05, 0.1) is 7.11 Å². The number of amides is 1. The van der Waals surface area contributed by atoms with E-state index in [0.29, 0.717) is 23.8 Å². The van der Waals surface area contributed by atoms with Crippen molar-refractivity contribution < 1.29 is 9.53 Å². The van der Waals surface area contributed by atoms with Crippen LogP contribution >= 0.6 is 0 Å². The molecule has 3 atom stereocenters. The van der Waals surface area contributed by atoms with Gasteiger partial charge in [-0.15, -0.1) is 0 Å². The van der Waals surface area contributed by atoms with E-state index >= 15 is 0 Å². The van der Waals surface area contributed by atoms with Crippen LogP contribution in [0.1, 0.15) is 41.4 Å². The van der Waals surface area contributed by atoms with E-state index in [1.54, 1.807) is 7.11 Å². The van der Waals surface area contributed by atoms with Crippen LogP contribution in [0.5, 0.6) is 5.75 Å². The second-order valence-corrected chi connectivity index (χ2v) is 9.09. The van der Waals surface area contributed by atoms with Crippen LogP contribution in [0.4, 0.5) is 0 Å². The van der Waals surface area contributed by atoms with E-state index in [2.05, 4.69) is 55.0 Å². The molecule has 2 aliphatic heterocycles. The van der Waals surface area contributed by atoms with E-state index in [0.717, 1.165) is 37.4 Å². The van der Waals surface area contributed by atoms with Gasteiger partial charge in [0, 0.05) is 37.2 Å². The first-order valence-corrected chi connectivity index (χ1v) is 10.7. The maximum atomic E-state index is 13.1. The fourth-order valence-electron chi connectivity index (χ4n) is 5.16. The van der Waals surface area contributed by atoms with Gasteiger partial charge in [0.15, 0.2) is 0 Å². The van der Waals surface area contributed by atoms with Crippen LogP contribution < -0.4 is 4.74 Å². The van der Waals surface area contributed by atoms with Crippen LogP contribution in [-0.4, -0.2) is 49.5 Å². The Hall–Kier alpha value is -2.33. The van der Waals surface area contributed by atoms with Crippen LogP contribution in [-0.2, 0) is 6.42 Å². The third kappa shape index (κ3) is 4.04. The Balaban J connectivity index is 1.46. The maximum absolute atomic E-state index is 13.1. The van der Waals surface area contributed by atoms with E-state index in [1.807, 2.05) is 24.3 Å². The van der Waals surface area contributed by atoms with Crippen molar-refractivity contribution in [3.63, 3.8) is 0 Å². The third-order valence-corrected chi connectivity index (χ3v) is 6.48. The number of methoxy groups -OCH3 is 1. The van der Waals surface area contributed by atoms with Crippen LogP contribution in [0.25, 0.3) is 0 Å². The summed E-state index contributed by atoms with van der Waals surface area (Å²) in [5.74, 6) is 2.71. The number of carbonyl (C=O) groups excluding carboxylic acids is 1. The van der Waals surface area contributed by atoms with Crippen LogP contribution in [0, 0.1) is 17.8 Å². The van der Waals surface area contributed by atoms with Crippen LogP contribution in [0.2, 0.25) is 0 Å². The predicted octanol–water partition coefficient (Wildman–Crippen LogP) is 4.27. The lowest BCUT2D eigenvalue weighted by atomic mass is 9.89. The highest BCUT2D eigenvalue weighted by Crippen LogP contribution is 2.44. The topological polar surface area (TPSA) is 32.8 Å². The molecule has 2 aliphatic rings. The largest absolute Gasteiger partial charge is 0.497 e.